The fraction of sp³-hybridized carbons (Fsp3) is 0.417. The van der Waals surface area contributed by atoms with Crippen LogP contribution in [0.3, 0.4) is 0 Å². The Hall–Kier alpha value is -1.76. The van der Waals surface area contributed by atoms with Crippen LogP contribution in [-0.4, -0.2) is 21.7 Å². The van der Waals surface area contributed by atoms with Crippen LogP contribution in [0.5, 0.6) is 0 Å². The third kappa shape index (κ3) is 4.44. The standard InChI is InChI=1S/C12H17N3O3S/c1-8(2)5-6-19-11-4-3-9(15(17)18)7-10(11)12(13)14-16/h3-4,7-8,16H,5-6H2,1-2H3,(H2,13,14). The van der Waals surface area contributed by atoms with E-state index in [4.69, 9.17) is 10.9 Å². The molecule has 104 valence electrons. The Bertz CT molecular complexity index is 489. The number of hydrogen-bond donors (Lipinski definition) is 2. The van der Waals surface area contributed by atoms with Crippen molar-refractivity contribution < 1.29 is 10.1 Å². The molecule has 0 amide bonds. The Morgan fingerprint density at radius 2 is 2.26 bits per heavy atom. The van der Waals surface area contributed by atoms with Gasteiger partial charge in [-0.1, -0.05) is 19.0 Å². The zero-order valence-electron chi connectivity index (χ0n) is 10.9. The molecule has 1 aromatic carbocycles. The molecule has 0 saturated heterocycles. The lowest BCUT2D eigenvalue weighted by molar-refractivity contribution is -0.384. The minimum Gasteiger partial charge on any atom is -0.409 e. The van der Waals surface area contributed by atoms with Crippen LogP contribution in [0.1, 0.15) is 25.8 Å². The lowest BCUT2D eigenvalue weighted by Gasteiger charge is -2.09. The van der Waals surface area contributed by atoms with Crippen LogP contribution in [0, 0.1) is 16.0 Å². The average molecular weight is 283 g/mol. The van der Waals surface area contributed by atoms with Crippen molar-refractivity contribution in [1.82, 2.24) is 0 Å². The van der Waals surface area contributed by atoms with E-state index in [-0.39, 0.29) is 11.5 Å². The van der Waals surface area contributed by atoms with Crippen molar-refractivity contribution in [3.63, 3.8) is 0 Å². The minimum absolute atomic E-state index is 0.0743. The van der Waals surface area contributed by atoms with Crippen LogP contribution >= 0.6 is 11.8 Å². The summed E-state index contributed by atoms with van der Waals surface area (Å²) in [4.78, 5) is 11.0. The Balaban J connectivity index is 2.99. The Morgan fingerprint density at radius 3 is 2.79 bits per heavy atom. The molecule has 0 aliphatic carbocycles. The maximum atomic E-state index is 10.7. The molecule has 0 radical (unpaired) electrons. The molecule has 0 aliphatic rings. The molecule has 0 bridgehead atoms. The number of hydrogen-bond acceptors (Lipinski definition) is 5. The number of nitro benzene ring substituents is 1. The van der Waals surface area contributed by atoms with Gasteiger partial charge in [-0.15, -0.1) is 11.8 Å². The smallest absolute Gasteiger partial charge is 0.270 e. The number of amidine groups is 1. The van der Waals surface area contributed by atoms with Gasteiger partial charge in [0, 0.05) is 22.6 Å². The molecule has 19 heavy (non-hydrogen) atoms. The normalized spacial score (nSPS) is 11.8. The second-order valence-electron chi connectivity index (χ2n) is 4.45. The van der Waals surface area contributed by atoms with E-state index >= 15 is 0 Å². The number of benzene rings is 1. The molecule has 7 heteroatoms. The fourth-order valence-electron chi connectivity index (χ4n) is 1.42. The van der Waals surface area contributed by atoms with Gasteiger partial charge in [0.2, 0.25) is 0 Å². The lowest BCUT2D eigenvalue weighted by Crippen LogP contribution is -2.14. The van der Waals surface area contributed by atoms with Gasteiger partial charge in [-0.3, -0.25) is 10.1 Å². The van der Waals surface area contributed by atoms with Gasteiger partial charge in [-0.2, -0.15) is 0 Å². The molecule has 0 atom stereocenters. The van der Waals surface area contributed by atoms with E-state index < -0.39 is 4.92 Å². The summed E-state index contributed by atoms with van der Waals surface area (Å²) in [5.41, 5.74) is 5.88. The third-order valence-electron chi connectivity index (χ3n) is 2.51. The van der Waals surface area contributed by atoms with E-state index in [1.807, 2.05) is 0 Å². The zero-order valence-corrected chi connectivity index (χ0v) is 11.7. The second kappa shape index (κ2) is 6.98. The van der Waals surface area contributed by atoms with Crippen molar-refractivity contribution in [1.29, 1.82) is 0 Å². The van der Waals surface area contributed by atoms with Crippen LogP contribution in [-0.2, 0) is 0 Å². The molecule has 0 spiro atoms. The number of nitrogens with zero attached hydrogens (tertiary/aromatic N) is 2. The number of thioether (sulfide) groups is 1. The largest absolute Gasteiger partial charge is 0.409 e. The molecule has 3 N–H and O–H groups in total. The number of nitrogens with two attached hydrogens (primary N) is 1. The highest BCUT2D eigenvalue weighted by Crippen LogP contribution is 2.27. The predicted octanol–water partition coefficient (Wildman–Crippen LogP) is 2.83. The first kappa shape index (κ1) is 15.3. The van der Waals surface area contributed by atoms with Crippen molar-refractivity contribution in [3.8, 4) is 0 Å². The highest BCUT2D eigenvalue weighted by molar-refractivity contribution is 7.99. The predicted molar refractivity (Wildman–Crippen MR) is 75.8 cm³/mol. The van der Waals surface area contributed by atoms with Crippen LogP contribution in [0.4, 0.5) is 5.69 Å². The van der Waals surface area contributed by atoms with Crippen LogP contribution in [0.25, 0.3) is 0 Å². The Morgan fingerprint density at radius 1 is 1.58 bits per heavy atom. The van der Waals surface area contributed by atoms with E-state index in [1.54, 1.807) is 17.8 Å². The monoisotopic (exact) mass is 283 g/mol. The highest BCUT2D eigenvalue weighted by atomic mass is 32.2. The first-order valence-corrected chi connectivity index (χ1v) is 6.83. The summed E-state index contributed by atoms with van der Waals surface area (Å²) in [6, 6.07) is 4.38. The maximum Gasteiger partial charge on any atom is 0.270 e. The SMILES string of the molecule is CC(C)CCSc1ccc([N+](=O)[O-])cc1/C(N)=N/O. The Kier molecular flexibility index (Phi) is 5.62. The van der Waals surface area contributed by atoms with Crippen LogP contribution in [0.15, 0.2) is 28.3 Å². The minimum atomic E-state index is -0.503. The van der Waals surface area contributed by atoms with Crippen molar-refractivity contribution in [2.45, 2.75) is 25.2 Å². The summed E-state index contributed by atoms with van der Waals surface area (Å²) >= 11 is 1.54. The van der Waals surface area contributed by atoms with Gasteiger partial charge in [-0.05, 0) is 24.2 Å². The summed E-state index contributed by atoms with van der Waals surface area (Å²) in [7, 11) is 0. The summed E-state index contributed by atoms with van der Waals surface area (Å²) < 4.78 is 0. The molecule has 0 saturated carbocycles. The van der Waals surface area contributed by atoms with Crippen molar-refractivity contribution >= 4 is 23.3 Å². The molecule has 0 heterocycles. The first-order chi connectivity index (χ1) is 8.95. The van der Waals surface area contributed by atoms with Gasteiger partial charge in [0.25, 0.3) is 5.69 Å². The summed E-state index contributed by atoms with van der Waals surface area (Å²) in [6.07, 6.45) is 1.03. The van der Waals surface area contributed by atoms with Crippen molar-refractivity contribution in [2.24, 2.45) is 16.8 Å². The number of rotatable bonds is 6. The quantitative estimate of drug-likeness (QED) is 0.209. The van der Waals surface area contributed by atoms with E-state index in [2.05, 4.69) is 19.0 Å². The summed E-state index contributed by atoms with van der Waals surface area (Å²) in [5.74, 6) is 1.34. The van der Waals surface area contributed by atoms with Crippen LogP contribution < -0.4 is 5.73 Å². The maximum absolute atomic E-state index is 10.7. The van der Waals surface area contributed by atoms with Gasteiger partial charge in [0.05, 0.1) is 4.92 Å². The summed E-state index contributed by atoms with van der Waals surface area (Å²) in [6.45, 7) is 4.25. The molecule has 0 aromatic heterocycles. The molecule has 0 fully saturated rings. The molecule has 1 rings (SSSR count). The number of nitro groups is 1. The van der Waals surface area contributed by atoms with Crippen LogP contribution in [0.2, 0.25) is 0 Å². The molecule has 0 aliphatic heterocycles. The zero-order chi connectivity index (χ0) is 14.4. The van der Waals surface area contributed by atoms with Crippen molar-refractivity contribution in [2.75, 3.05) is 5.75 Å². The molecule has 1 aromatic rings. The topological polar surface area (TPSA) is 102 Å². The van der Waals surface area contributed by atoms with Gasteiger partial charge >= 0.3 is 0 Å². The first-order valence-electron chi connectivity index (χ1n) is 5.84. The number of non-ortho nitro benzene ring substituents is 1. The average Bonchev–Trinajstić information content (AvgIpc) is 2.37. The molecule has 0 unspecified atom stereocenters. The van der Waals surface area contributed by atoms with Gasteiger partial charge in [0.15, 0.2) is 5.84 Å². The van der Waals surface area contributed by atoms with E-state index in [0.717, 1.165) is 17.1 Å². The van der Waals surface area contributed by atoms with Gasteiger partial charge in [-0.25, -0.2) is 0 Å². The van der Waals surface area contributed by atoms with Gasteiger partial charge in [0.1, 0.15) is 0 Å². The third-order valence-corrected chi connectivity index (χ3v) is 3.62. The molecule has 6 nitrogen and oxygen atoms in total. The number of oxime groups is 1. The molecular weight excluding hydrogens is 266 g/mol. The fourth-order valence-corrected chi connectivity index (χ4v) is 2.71. The van der Waals surface area contributed by atoms with Crippen molar-refractivity contribution in [3.05, 3.63) is 33.9 Å². The van der Waals surface area contributed by atoms with E-state index in [0.29, 0.717) is 11.5 Å². The highest BCUT2D eigenvalue weighted by Gasteiger charge is 2.14. The summed E-state index contributed by atoms with van der Waals surface area (Å²) in [5, 5.41) is 22.4. The molecular formula is C12H17N3O3S. The van der Waals surface area contributed by atoms with Gasteiger partial charge < -0.3 is 10.9 Å². The Labute approximate surface area is 115 Å². The lowest BCUT2D eigenvalue weighted by atomic mass is 10.2. The second-order valence-corrected chi connectivity index (χ2v) is 5.59. The van der Waals surface area contributed by atoms with E-state index in [9.17, 15) is 10.1 Å². The van der Waals surface area contributed by atoms with E-state index in [1.165, 1.54) is 12.1 Å².